The van der Waals surface area contributed by atoms with Gasteiger partial charge in [-0.1, -0.05) is 13.8 Å². The highest BCUT2D eigenvalue weighted by Crippen LogP contribution is 2.31. The van der Waals surface area contributed by atoms with E-state index in [0.29, 0.717) is 11.7 Å². The Morgan fingerprint density at radius 3 is 2.56 bits per heavy atom. The zero-order valence-corrected chi connectivity index (χ0v) is 16.0. The molecule has 0 aliphatic rings. The van der Waals surface area contributed by atoms with Gasteiger partial charge in [0.15, 0.2) is 5.82 Å². The van der Waals surface area contributed by atoms with E-state index >= 15 is 0 Å². The van der Waals surface area contributed by atoms with Gasteiger partial charge in [0.1, 0.15) is 11.6 Å². The molecule has 4 rings (SSSR count). The first-order valence-corrected chi connectivity index (χ1v) is 9.10. The van der Waals surface area contributed by atoms with Gasteiger partial charge in [0.05, 0.1) is 18.3 Å². The Balaban J connectivity index is 1.75. The number of aryl methyl sites for hydroxylation is 1. The van der Waals surface area contributed by atoms with Crippen molar-refractivity contribution >= 4 is 10.9 Å². The number of nitrogens with one attached hydrogen (secondary N) is 2. The molecule has 2 aromatic heterocycles. The minimum absolute atomic E-state index is 0.534. The molecular weight excluding hydrogens is 338 g/mol. The quantitative estimate of drug-likeness (QED) is 0.547. The van der Waals surface area contributed by atoms with Crippen molar-refractivity contribution in [2.24, 2.45) is 5.92 Å². The van der Waals surface area contributed by atoms with E-state index in [0.717, 1.165) is 51.3 Å². The topological polar surface area (TPSA) is 79.5 Å². The van der Waals surface area contributed by atoms with E-state index in [1.807, 2.05) is 31.2 Å². The number of benzene rings is 2. The molecule has 0 unspecified atom stereocenters. The SMILES string of the molecule is COc1ccc(-c2n[nH]c3ccc(-c4n[nH]c(CC(C)C)n4)cc23)cc1C. The molecular formula is C21H23N5O. The summed E-state index contributed by atoms with van der Waals surface area (Å²) in [6, 6.07) is 12.2. The van der Waals surface area contributed by atoms with E-state index < -0.39 is 0 Å². The lowest BCUT2D eigenvalue weighted by atomic mass is 10.0. The second kappa shape index (κ2) is 6.87. The number of ether oxygens (including phenoxy) is 1. The van der Waals surface area contributed by atoms with E-state index in [1.54, 1.807) is 7.11 Å². The molecule has 2 heterocycles. The molecule has 0 saturated carbocycles. The summed E-state index contributed by atoms with van der Waals surface area (Å²) in [5.41, 5.74) is 5.00. The Hall–Kier alpha value is -3.15. The minimum atomic E-state index is 0.534. The van der Waals surface area contributed by atoms with Gasteiger partial charge in [-0.15, -0.1) is 0 Å². The van der Waals surface area contributed by atoms with Gasteiger partial charge in [-0.05, 0) is 54.8 Å². The van der Waals surface area contributed by atoms with Crippen LogP contribution in [0.1, 0.15) is 25.2 Å². The highest BCUT2D eigenvalue weighted by Gasteiger charge is 2.13. The van der Waals surface area contributed by atoms with Crippen LogP contribution >= 0.6 is 0 Å². The molecule has 0 spiro atoms. The van der Waals surface area contributed by atoms with Crippen LogP contribution in [0.25, 0.3) is 33.5 Å². The molecule has 0 aliphatic heterocycles. The number of rotatable bonds is 5. The Kier molecular flexibility index (Phi) is 4.39. The Bertz CT molecular complexity index is 1090. The van der Waals surface area contributed by atoms with Crippen molar-refractivity contribution in [2.45, 2.75) is 27.2 Å². The van der Waals surface area contributed by atoms with Gasteiger partial charge in [0, 0.05) is 22.9 Å². The van der Waals surface area contributed by atoms with Gasteiger partial charge in [-0.3, -0.25) is 10.2 Å². The summed E-state index contributed by atoms with van der Waals surface area (Å²) in [6.45, 7) is 6.37. The molecule has 0 amide bonds. The first-order valence-electron chi connectivity index (χ1n) is 9.10. The fourth-order valence-electron chi connectivity index (χ4n) is 3.30. The summed E-state index contributed by atoms with van der Waals surface area (Å²) in [7, 11) is 1.68. The molecule has 0 saturated heterocycles. The predicted octanol–water partition coefficient (Wildman–Crippen LogP) is 4.53. The Labute approximate surface area is 158 Å². The Morgan fingerprint density at radius 2 is 1.81 bits per heavy atom. The summed E-state index contributed by atoms with van der Waals surface area (Å²) in [5.74, 6) is 3.04. The second-order valence-electron chi connectivity index (χ2n) is 7.22. The van der Waals surface area contributed by atoms with Gasteiger partial charge in [0.25, 0.3) is 0 Å². The third-order valence-electron chi connectivity index (χ3n) is 4.62. The van der Waals surface area contributed by atoms with Crippen LogP contribution in [0.3, 0.4) is 0 Å². The molecule has 0 fully saturated rings. The van der Waals surface area contributed by atoms with Crippen LogP contribution in [0, 0.1) is 12.8 Å². The lowest BCUT2D eigenvalue weighted by Gasteiger charge is -2.06. The van der Waals surface area contributed by atoms with Crippen LogP contribution in [0.4, 0.5) is 0 Å². The van der Waals surface area contributed by atoms with Crippen molar-refractivity contribution in [3.8, 4) is 28.4 Å². The summed E-state index contributed by atoms with van der Waals surface area (Å²) >= 11 is 0. The Morgan fingerprint density at radius 1 is 1.00 bits per heavy atom. The molecule has 4 aromatic rings. The maximum absolute atomic E-state index is 5.36. The normalized spacial score (nSPS) is 11.4. The standard InChI is InChI=1S/C21H23N5O/c1-12(2)9-19-22-21(26-24-19)15-5-7-17-16(11-15)20(25-23-17)14-6-8-18(27-4)13(3)10-14/h5-8,10-12H,9H2,1-4H3,(H,23,25)(H,22,24,26). The lowest BCUT2D eigenvalue weighted by molar-refractivity contribution is 0.412. The van der Waals surface area contributed by atoms with Crippen molar-refractivity contribution in [1.29, 1.82) is 0 Å². The molecule has 0 atom stereocenters. The minimum Gasteiger partial charge on any atom is -0.496 e. The third kappa shape index (κ3) is 3.30. The monoisotopic (exact) mass is 361 g/mol. The summed E-state index contributed by atoms with van der Waals surface area (Å²) in [5, 5.41) is 16.1. The number of hydrogen-bond acceptors (Lipinski definition) is 4. The van der Waals surface area contributed by atoms with Gasteiger partial charge in [0.2, 0.25) is 0 Å². The van der Waals surface area contributed by atoms with Gasteiger partial charge in [-0.2, -0.15) is 10.2 Å². The average molecular weight is 361 g/mol. The molecule has 2 N–H and O–H groups in total. The molecule has 138 valence electrons. The molecule has 6 heteroatoms. The van der Waals surface area contributed by atoms with Crippen molar-refractivity contribution in [3.05, 3.63) is 47.8 Å². The number of H-pyrrole nitrogens is 2. The lowest BCUT2D eigenvalue weighted by Crippen LogP contribution is -1.95. The van der Waals surface area contributed by atoms with E-state index in [9.17, 15) is 0 Å². The van der Waals surface area contributed by atoms with Crippen molar-refractivity contribution in [2.75, 3.05) is 7.11 Å². The summed E-state index contributed by atoms with van der Waals surface area (Å²) in [4.78, 5) is 4.64. The van der Waals surface area contributed by atoms with Gasteiger partial charge >= 0.3 is 0 Å². The smallest absolute Gasteiger partial charge is 0.181 e. The molecule has 0 radical (unpaired) electrons. The predicted molar refractivity (Wildman–Crippen MR) is 107 cm³/mol. The van der Waals surface area contributed by atoms with E-state index in [4.69, 9.17) is 4.74 Å². The molecule has 0 bridgehead atoms. The number of methoxy groups -OCH3 is 1. The number of nitrogens with zero attached hydrogens (tertiary/aromatic N) is 3. The number of aromatic nitrogens is 5. The summed E-state index contributed by atoms with van der Waals surface area (Å²) < 4.78 is 5.36. The fourth-order valence-corrected chi connectivity index (χ4v) is 3.30. The van der Waals surface area contributed by atoms with Crippen LogP contribution in [0.5, 0.6) is 5.75 Å². The third-order valence-corrected chi connectivity index (χ3v) is 4.62. The van der Waals surface area contributed by atoms with Crippen molar-refractivity contribution < 1.29 is 4.74 Å². The summed E-state index contributed by atoms with van der Waals surface area (Å²) in [6.07, 6.45) is 0.886. The largest absolute Gasteiger partial charge is 0.496 e. The number of hydrogen-bond donors (Lipinski definition) is 2. The van der Waals surface area contributed by atoms with Crippen LogP contribution in [-0.4, -0.2) is 32.5 Å². The zero-order valence-electron chi connectivity index (χ0n) is 16.0. The maximum Gasteiger partial charge on any atom is 0.181 e. The van der Waals surface area contributed by atoms with Crippen molar-refractivity contribution in [1.82, 2.24) is 25.4 Å². The maximum atomic E-state index is 5.36. The second-order valence-corrected chi connectivity index (χ2v) is 7.22. The van der Waals surface area contributed by atoms with E-state index in [1.165, 1.54) is 0 Å². The molecule has 27 heavy (non-hydrogen) atoms. The van der Waals surface area contributed by atoms with Crippen molar-refractivity contribution in [3.63, 3.8) is 0 Å². The number of fused-ring (bicyclic) bond motifs is 1. The van der Waals surface area contributed by atoms with E-state index in [2.05, 4.69) is 51.4 Å². The first-order chi connectivity index (χ1) is 13.0. The fraction of sp³-hybridized carbons (Fsp3) is 0.286. The van der Waals surface area contributed by atoms with Crippen LogP contribution in [0.15, 0.2) is 36.4 Å². The molecule has 0 aliphatic carbocycles. The van der Waals surface area contributed by atoms with E-state index in [-0.39, 0.29) is 0 Å². The zero-order chi connectivity index (χ0) is 19.0. The first kappa shape index (κ1) is 17.3. The molecule has 2 aromatic carbocycles. The molecule has 6 nitrogen and oxygen atoms in total. The highest BCUT2D eigenvalue weighted by molar-refractivity contribution is 5.95. The highest BCUT2D eigenvalue weighted by atomic mass is 16.5. The van der Waals surface area contributed by atoms with Crippen LogP contribution in [-0.2, 0) is 6.42 Å². The number of aromatic amines is 2. The van der Waals surface area contributed by atoms with Gasteiger partial charge < -0.3 is 4.74 Å². The van der Waals surface area contributed by atoms with Crippen LogP contribution in [0.2, 0.25) is 0 Å². The van der Waals surface area contributed by atoms with Gasteiger partial charge in [-0.25, -0.2) is 4.98 Å². The average Bonchev–Trinajstić information content (AvgIpc) is 3.27. The van der Waals surface area contributed by atoms with Crippen LogP contribution < -0.4 is 4.74 Å².